The fourth-order valence-electron chi connectivity index (χ4n) is 2.38. The average molecular weight is 196 g/mol. The van der Waals surface area contributed by atoms with Crippen LogP contribution in [0.3, 0.4) is 0 Å². The van der Waals surface area contributed by atoms with Crippen LogP contribution in [0.4, 0.5) is 0 Å². The molecule has 1 saturated carbocycles. The minimum Gasteiger partial charge on any atom is -0.314 e. The van der Waals surface area contributed by atoms with Gasteiger partial charge in [-0.1, -0.05) is 13.8 Å². The highest BCUT2D eigenvalue weighted by atomic mass is 15.2. The van der Waals surface area contributed by atoms with Gasteiger partial charge in [0.25, 0.3) is 0 Å². The molecule has 82 valence electrons. The molecule has 2 fully saturated rings. The number of nitrogens with one attached hydrogen (secondary N) is 1. The second-order valence-electron chi connectivity index (χ2n) is 5.49. The van der Waals surface area contributed by atoms with Gasteiger partial charge in [0.1, 0.15) is 0 Å². The summed E-state index contributed by atoms with van der Waals surface area (Å²) in [7, 11) is 0. The molecule has 1 N–H and O–H groups in total. The summed E-state index contributed by atoms with van der Waals surface area (Å²) in [5.41, 5.74) is 0. The van der Waals surface area contributed by atoms with Crippen molar-refractivity contribution in [2.45, 2.75) is 39.2 Å². The zero-order valence-electron chi connectivity index (χ0n) is 9.63. The zero-order valence-corrected chi connectivity index (χ0v) is 9.63. The van der Waals surface area contributed by atoms with Crippen LogP contribution in [-0.2, 0) is 0 Å². The van der Waals surface area contributed by atoms with E-state index in [1.54, 1.807) is 0 Å². The molecular weight excluding hydrogens is 172 g/mol. The van der Waals surface area contributed by atoms with Crippen molar-refractivity contribution in [2.75, 3.05) is 26.2 Å². The smallest absolute Gasteiger partial charge is 0.00683 e. The summed E-state index contributed by atoms with van der Waals surface area (Å²) in [4.78, 5) is 2.63. The maximum Gasteiger partial charge on any atom is 0.00683 e. The van der Waals surface area contributed by atoms with Crippen molar-refractivity contribution in [2.24, 2.45) is 11.8 Å². The third kappa shape index (κ3) is 3.25. The Kier molecular flexibility index (Phi) is 3.45. The Bertz CT molecular complexity index is 175. The number of hydrogen-bond acceptors (Lipinski definition) is 2. The number of rotatable bonds is 5. The van der Waals surface area contributed by atoms with Crippen molar-refractivity contribution in [1.29, 1.82) is 0 Å². The van der Waals surface area contributed by atoms with Gasteiger partial charge < -0.3 is 10.2 Å². The van der Waals surface area contributed by atoms with Crippen molar-refractivity contribution in [3.8, 4) is 0 Å². The van der Waals surface area contributed by atoms with E-state index in [9.17, 15) is 0 Å². The summed E-state index contributed by atoms with van der Waals surface area (Å²) in [5.74, 6) is 1.75. The van der Waals surface area contributed by atoms with E-state index in [2.05, 4.69) is 24.1 Å². The molecule has 0 radical (unpaired) electrons. The topological polar surface area (TPSA) is 15.3 Å². The molecule has 14 heavy (non-hydrogen) atoms. The van der Waals surface area contributed by atoms with Crippen LogP contribution in [-0.4, -0.2) is 37.1 Å². The molecule has 1 atom stereocenters. The first-order valence-electron chi connectivity index (χ1n) is 6.20. The molecular formula is C12H24N2. The highest BCUT2D eigenvalue weighted by Crippen LogP contribution is 2.21. The maximum absolute atomic E-state index is 3.65. The van der Waals surface area contributed by atoms with Gasteiger partial charge in [-0.2, -0.15) is 0 Å². The monoisotopic (exact) mass is 196 g/mol. The van der Waals surface area contributed by atoms with Crippen LogP contribution in [0.15, 0.2) is 0 Å². The minimum absolute atomic E-state index is 0.824. The van der Waals surface area contributed by atoms with Gasteiger partial charge in [-0.25, -0.2) is 0 Å². The summed E-state index contributed by atoms with van der Waals surface area (Å²) in [6.07, 6.45) is 4.25. The summed E-state index contributed by atoms with van der Waals surface area (Å²) in [6.45, 7) is 9.85. The standard InChI is InChI=1S/C12H24N2/c1-10(2)8-14-6-5-11(9-14)7-13-12-3-4-12/h10-13H,3-9H2,1-2H3. The lowest BCUT2D eigenvalue weighted by atomic mass is 10.1. The Labute approximate surface area is 88.1 Å². The maximum atomic E-state index is 3.65. The lowest BCUT2D eigenvalue weighted by molar-refractivity contribution is 0.285. The molecule has 0 aromatic carbocycles. The summed E-state index contributed by atoms with van der Waals surface area (Å²) in [5, 5.41) is 3.65. The van der Waals surface area contributed by atoms with Gasteiger partial charge in [0.15, 0.2) is 0 Å². The fourth-order valence-corrected chi connectivity index (χ4v) is 2.38. The Morgan fingerprint density at radius 1 is 1.29 bits per heavy atom. The van der Waals surface area contributed by atoms with Crippen LogP contribution >= 0.6 is 0 Å². The van der Waals surface area contributed by atoms with Crippen molar-refractivity contribution in [1.82, 2.24) is 10.2 Å². The zero-order chi connectivity index (χ0) is 9.97. The van der Waals surface area contributed by atoms with Gasteiger partial charge in [0.2, 0.25) is 0 Å². The average Bonchev–Trinajstić information content (AvgIpc) is 2.84. The molecule has 0 spiro atoms. The first-order chi connectivity index (χ1) is 6.74. The SMILES string of the molecule is CC(C)CN1CCC(CNC2CC2)C1. The first kappa shape index (κ1) is 10.4. The molecule has 1 aliphatic heterocycles. The molecule has 0 bridgehead atoms. The minimum atomic E-state index is 0.824. The number of nitrogens with zero attached hydrogens (tertiary/aromatic N) is 1. The van der Waals surface area contributed by atoms with E-state index >= 15 is 0 Å². The van der Waals surface area contributed by atoms with Gasteiger partial charge in [-0.05, 0) is 44.2 Å². The van der Waals surface area contributed by atoms with E-state index in [1.807, 2.05) is 0 Å². The van der Waals surface area contributed by atoms with E-state index in [1.165, 1.54) is 45.4 Å². The lowest BCUT2D eigenvalue weighted by Crippen LogP contribution is -2.29. The molecule has 2 rings (SSSR count). The quantitative estimate of drug-likeness (QED) is 0.720. The van der Waals surface area contributed by atoms with Crippen molar-refractivity contribution >= 4 is 0 Å². The van der Waals surface area contributed by atoms with Crippen LogP contribution in [0.2, 0.25) is 0 Å². The first-order valence-corrected chi connectivity index (χ1v) is 6.20. The van der Waals surface area contributed by atoms with E-state index in [-0.39, 0.29) is 0 Å². The van der Waals surface area contributed by atoms with Gasteiger partial charge in [0.05, 0.1) is 0 Å². The second kappa shape index (κ2) is 4.63. The van der Waals surface area contributed by atoms with Crippen LogP contribution in [0.25, 0.3) is 0 Å². The van der Waals surface area contributed by atoms with Gasteiger partial charge in [-0.15, -0.1) is 0 Å². The third-order valence-electron chi connectivity index (χ3n) is 3.27. The van der Waals surface area contributed by atoms with Crippen LogP contribution < -0.4 is 5.32 Å². The number of likely N-dealkylation sites (tertiary alicyclic amines) is 1. The molecule has 1 saturated heterocycles. The highest BCUT2D eigenvalue weighted by molar-refractivity contribution is 4.84. The van der Waals surface area contributed by atoms with Crippen molar-refractivity contribution < 1.29 is 0 Å². The van der Waals surface area contributed by atoms with E-state index in [0.717, 1.165) is 17.9 Å². The molecule has 1 heterocycles. The molecule has 2 aliphatic rings. The van der Waals surface area contributed by atoms with Crippen LogP contribution in [0.5, 0.6) is 0 Å². The summed E-state index contributed by atoms with van der Waals surface area (Å²) < 4.78 is 0. The Balaban J connectivity index is 1.60. The van der Waals surface area contributed by atoms with Crippen molar-refractivity contribution in [3.63, 3.8) is 0 Å². The van der Waals surface area contributed by atoms with Crippen molar-refractivity contribution in [3.05, 3.63) is 0 Å². The number of hydrogen-bond donors (Lipinski definition) is 1. The summed E-state index contributed by atoms with van der Waals surface area (Å²) in [6, 6.07) is 0.883. The molecule has 1 aliphatic carbocycles. The van der Waals surface area contributed by atoms with Gasteiger partial charge in [-0.3, -0.25) is 0 Å². The molecule has 2 nitrogen and oxygen atoms in total. The van der Waals surface area contributed by atoms with E-state index < -0.39 is 0 Å². The van der Waals surface area contributed by atoms with Crippen LogP contribution in [0.1, 0.15) is 33.1 Å². The normalized spacial score (nSPS) is 28.9. The molecule has 0 aromatic rings. The van der Waals surface area contributed by atoms with E-state index in [4.69, 9.17) is 0 Å². The summed E-state index contributed by atoms with van der Waals surface area (Å²) >= 11 is 0. The lowest BCUT2D eigenvalue weighted by Gasteiger charge is -2.18. The predicted octanol–water partition coefficient (Wildman–Crippen LogP) is 1.72. The third-order valence-corrected chi connectivity index (χ3v) is 3.27. The molecule has 1 unspecified atom stereocenters. The highest BCUT2D eigenvalue weighted by Gasteiger charge is 2.26. The largest absolute Gasteiger partial charge is 0.314 e. The van der Waals surface area contributed by atoms with Gasteiger partial charge >= 0.3 is 0 Å². The molecule has 0 aromatic heterocycles. The van der Waals surface area contributed by atoms with Gasteiger partial charge in [0, 0.05) is 19.1 Å². The fraction of sp³-hybridized carbons (Fsp3) is 1.00. The molecule has 2 heteroatoms. The predicted molar refractivity (Wildman–Crippen MR) is 60.4 cm³/mol. The van der Waals surface area contributed by atoms with Crippen LogP contribution in [0, 0.1) is 11.8 Å². The Hall–Kier alpha value is -0.0800. The Morgan fingerprint density at radius 2 is 2.07 bits per heavy atom. The van der Waals surface area contributed by atoms with E-state index in [0.29, 0.717) is 0 Å². The Morgan fingerprint density at radius 3 is 2.71 bits per heavy atom. The second-order valence-corrected chi connectivity index (χ2v) is 5.49. The molecule has 0 amide bonds.